The van der Waals surface area contributed by atoms with Crippen LogP contribution < -0.4 is 20.1 Å². The predicted octanol–water partition coefficient (Wildman–Crippen LogP) is 6.08. The van der Waals surface area contributed by atoms with Gasteiger partial charge in [0.15, 0.2) is 5.60 Å². The Bertz CT molecular complexity index is 1940. The average Bonchev–Trinajstić information content (AvgIpc) is 3.83. The highest BCUT2D eigenvalue weighted by atomic mass is 28.3. The first-order valence-corrected chi connectivity index (χ1v) is 21.3. The Kier molecular flexibility index (Phi) is 9.82. The number of ether oxygens (including phenoxy) is 2. The van der Waals surface area contributed by atoms with Crippen LogP contribution >= 0.6 is 0 Å². The summed E-state index contributed by atoms with van der Waals surface area (Å²) in [6, 6.07) is 32.5. The summed E-state index contributed by atoms with van der Waals surface area (Å²) in [7, 11) is -0.858. The van der Waals surface area contributed by atoms with Crippen LogP contribution in [0.5, 0.6) is 5.75 Å². The van der Waals surface area contributed by atoms with Crippen LogP contribution in [0.3, 0.4) is 0 Å². The minimum absolute atomic E-state index is 0.0639. The molecular formula is C42H47N3O6Si. The molecule has 3 aliphatic rings. The number of carbonyl (C=O) groups excluding carboxylic acids is 3. The lowest BCUT2D eigenvalue weighted by atomic mass is 9.82. The molecule has 3 aliphatic heterocycles. The minimum Gasteiger partial charge on any atom is -0.497 e. The molecule has 52 heavy (non-hydrogen) atoms. The summed E-state index contributed by atoms with van der Waals surface area (Å²) in [4.78, 5) is 46.2. The molecule has 0 radical (unpaired) electrons. The number of nitrogens with one attached hydrogen (secondary N) is 1. The highest BCUT2D eigenvalue weighted by molar-refractivity contribution is 6.91. The quantitative estimate of drug-likeness (QED) is 0.193. The molecule has 0 saturated carbocycles. The fourth-order valence-corrected chi connectivity index (χ4v) is 13.0. The third kappa shape index (κ3) is 6.22. The highest BCUT2D eigenvalue weighted by Crippen LogP contribution is 2.60. The zero-order valence-corrected chi connectivity index (χ0v) is 31.2. The van der Waals surface area contributed by atoms with E-state index >= 15 is 4.79 Å². The summed E-state index contributed by atoms with van der Waals surface area (Å²) < 4.78 is 12.7. The van der Waals surface area contributed by atoms with Crippen molar-refractivity contribution in [1.82, 2.24) is 4.90 Å². The van der Waals surface area contributed by atoms with Crippen LogP contribution in [0.15, 0.2) is 103 Å². The number of rotatable bonds is 10. The second kappa shape index (κ2) is 14.3. The van der Waals surface area contributed by atoms with Crippen LogP contribution in [0.4, 0.5) is 11.4 Å². The van der Waals surface area contributed by atoms with E-state index in [0.717, 1.165) is 29.8 Å². The Morgan fingerprint density at radius 2 is 1.67 bits per heavy atom. The molecule has 7 rings (SSSR count). The van der Waals surface area contributed by atoms with Crippen molar-refractivity contribution in [2.24, 2.45) is 5.92 Å². The van der Waals surface area contributed by atoms with Gasteiger partial charge in [-0.2, -0.15) is 0 Å². The first-order chi connectivity index (χ1) is 25.1. The van der Waals surface area contributed by atoms with Gasteiger partial charge >= 0.3 is 0 Å². The van der Waals surface area contributed by atoms with E-state index in [-0.39, 0.29) is 48.3 Å². The van der Waals surface area contributed by atoms with Crippen molar-refractivity contribution in [3.8, 4) is 5.75 Å². The minimum atomic E-state index is -2.51. The van der Waals surface area contributed by atoms with Crippen LogP contribution in [-0.4, -0.2) is 68.2 Å². The maximum absolute atomic E-state index is 15.2. The largest absolute Gasteiger partial charge is 0.497 e. The van der Waals surface area contributed by atoms with E-state index in [9.17, 15) is 14.7 Å². The number of aliphatic hydroxyl groups is 1. The number of fused-ring (bicyclic) bond motifs is 2. The lowest BCUT2D eigenvalue weighted by Gasteiger charge is -2.37. The zero-order chi connectivity index (χ0) is 36.6. The van der Waals surface area contributed by atoms with Gasteiger partial charge in [-0.05, 0) is 66.4 Å². The van der Waals surface area contributed by atoms with Gasteiger partial charge < -0.3 is 29.7 Å². The summed E-state index contributed by atoms with van der Waals surface area (Å²) in [6.45, 7) is 7.55. The molecule has 4 aromatic carbocycles. The molecule has 3 heterocycles. The highest BCUT2D eigenvalue weighted by Gasteiger charge is 2.66. The molecule has 1 spiro atoms. The van der Waals surface area contributed by atoms with Gasteiger partial charge in [0, 0.05) is 29.3 Å². The Balaban J connectivity index is 1.33. The lowest BCUT2D eigenvalue weighted by Crippen LogP contribution is -2.52. The van der Waals surface area contributed by atoms with Crippen molar-refractivity contribution in [1.29, 1.82) is 0 Å². The van der Waals surface area contributed by atoms with Gasteiger partial charge in [0.25, 0.3) is 11.8 Å². The molecule has 270 valence electrons. The SMILES string of the molecule is COc1ccc([Si](C)(C)[C@@H]2[C@@H](CC(=O)N3CCC[C@H]3CO)O[C@]3(C(=O)N(Cc4ccccc4)c4ccc(NC(=O)c5ccccc5)cc43)[C@H]2C)cc1. The number of amides is 3. The first kappa shape index (κ1) is 35.6. The maximum Gasteiger partial charge on any atom is 0.264 e. The Morgan fingerprint density at radius 1 is 0.981 bits per heavy atom. The lowest BCUT2D eigenvalue weighted by molar-refractivity contribution is -0.150. The predicted molar refractivity (Wildman–Crippen MR) is 204 cm³/mol. The Labute approximate surface area is 306 Å². The van der Waals surface area contributed by atoms with Crippen molar-refractivity contribution in [3.05, 3.63) is 120 Å². The monoisotopic (exact) mass is 717 g/mol. The molecule has 4 aromatic rings. The number of nitrogens with zero attached hydrogens (tertiary/aromatic N) is 2. The second-order valence-corrected chi connectivity index (χ2v) is 19.5. The Morgan fingerprint density at radius 3 is 2.35 bits per heavy atom. The van der Waals surface area contributed by atoms with Crippen LogP contribution in [-0.2, 0) is 26.5 Å². The standard InChI is InChI=1S/C42H47N3O6Si/c1-28-39(52(3,4)34-20-18-33(50-2)19-21-34)37(25-38(47)44-23-11-16-32(44)27-46)51-42(28)35-24-31(43-40(48)30-14-9-6-10-15-30)17-22-36(35)45(41(42)49)26-29-12-7-5-8-13-29/h5-10,12-15,17-22,24,28,32,37,39,46H,11,16,23,25-27H2,1-4H3,(H,43,48)/t28-,32-,37+,39-,42+/m0/s1. The average molecular weight is 718 g/mol. The molecular weight excluding hydrogens is 671 g/mol. The van der Waals surface area contributed by atoms with Crippen LogP contribution in [0, 0.1) is 5.92 Å². The van der Waals surface area contributed by atoms with Gasteiger partial charge in [0.2, 0.25) is 5.91 Å². The first-order valence-electron chi connectivity index (χ1n) is 18.2. The van der Waals surface area contributed by atoms with E-state index in [1.807, 2.05) is 78.9 Å². The summed E-state index contributed by atoms with van der Waals surface area (Å²) in [5, 5.41) is 14.3. The third-order valence-electron chi connectivity index (χ3n) is 11.6. The zero-order valence-electron chi connectivity index (χ0n) is 30.2. The number of hydrogen-bond donors (Lipinski definition) is 2. The molecule has 2 N–H and O–H groups in total. The van der Waals surface area contributed by atoms with Crippen molar-refractivity contribution in [2.75, 3.05) is 30.5 Å². The summed E-state index contributed by atoms with van der Waals surface area (Å²) >= 11 is 0. The van der Waals surface area contributed by atoms with Crippen molar-refractivity contribution < 1.29 is 29.0 Å². The molecule has 2 fully saturated rings. The number of benzene rings is 4. The van der Waals surface area contributed by atoms with Gasteiger partial charge in [0.05, 0.1) is 52.6 Å². The van der Waals surface area contributed by atoms with Crippen molar-refractivity contribution in [2.45, 2.75) is 69.1 Å². The van der Waals surface area contributed by atoms with Crippen molar-refractivity contribution in [3.63, 3.8) is 0 Å². The fourth-order valence-electron chi connectivity index (χ4n) is 8.95. The summed E-state index contributed by atoms with van der Waals surface area (Å²) in [6.07, 6.45) is 1.14. The van der Waals surface area contributed by atoms with E-state index in [0.29, 0.717) is 29.9 Å². The maximum atomic E-state index is 15.2. The van der Waals surface area contributed by atoms with E-state index in [1.165, 1.54) is 5.19 Å². The molecule has 5 atom stereocenters. The summed E-state index contributed by atoms with van der Waals surface area (Å²) in [5.74, 6) is -0.0457. The number of methoxy groups -OCH3 is 1. The van der Waals surface area contributed by atoms with Gasteiger partial charge in [0.1, 0.15) is 5.75 Å². The molecule has 0 bridgehead atoms. The number of aliphatic hydroxyl groups excluding tert-OH is 1. The Hall–Kier alpha value is -4.77. The fraction of sp³-hybridized carbons (Fsp3) is 0.357. The molecule has 0 unspecified atom stereocenters. The van der Waals surface area contributed by atoms with Crippen LogP contribution in [0.2, 0.25) is 18.6 Å². The molecule has 3 amide bonds. The number of carbonyl (C=O) groups is 3. The van der Waals surface area contributed by atoms with E-state index in [2.05, 4.69) is 37.5 Å². The smallest absolute Gasteiger partial charge is 0.264 e. The van der Waals surface area contributed by atoms with Gasteiger partial charge in [-0.1, -0.05) is 85.9 Å². The summed E-state index contributed by atoms with van der Waals surface area (Å²) in [5.41, 5.74) is 1.95. The van der Waals surface area contributed by atoms with Crippen LogP contribution in [0.25, 0.3) is 0 Å². The molecule has 0 aromatic heterocycles. The second-order valence-electron chi connectivity index (χ2n) is 14.9. The number of likely N-dealkylation sites (tertiary alicyclic amines) is 1. The molecule has 10 heteroatoms. The third-order valence-corrected chi connectivity index (χ3v) is 16.0. The molecule has 2 saturated heterocycles. The van der Waals surface area contributed by atoms with Gasteiger partial charge in [-0.3, -0.25) is 14.4 Å². The van der Waals surface area contributed by atoms with Crippen LogP contribution in [0.1, 0.15) is 47.7 Å². The topological polar surface area (TPSA) is 108 Å². The van der Waals surface area contributed by atoms with E-state index in [1.54, 1.807) is 29.0 Å². The van der Waals surface area contributed by atoms with Crippen molar-refractivity contribution >= 4 is 42.4 Å². The molecule has 0 aliphatic carbocycles. The van der Waals surface area contributed by atoms with Gasteiger partial charge in [-0.15, -0.1) is 0 Å². The number of hydrogen-bond acceptors (Lipinski definition) is 6. The normalized spacial score (nSPS) is 24.0. The molecule has 9 nitrogen and oxygen atoms in total. The number of anilines is 2. The van der Waals surface area contributed by atoms with E-state index in [4.69, 9.17) is 9.47 Å². The van der Waals surface area contributed by atoms with E-state index < -0.39 is 19.8 Å². The van der Waals surface area contributed by atoms with Gasteiger partial charge in [-0.25, -0.2) is 0 Å².